The number of halogens is 1. The third-order valence-electron chi connectivity index (χ3n) is 6.11. The molecule has 0 saturated carbocycles. The molecule has 0 spiro atoms. The Labute approximate surface area is 201 Å². The minimum absolute atomic E-state index is 0.0622. The maximum absolute atomic E-state index is 13.6. The van der Waals surface area contributed by atoms with Gasteiger partial charge in [-0.3, -0.25) is 19.7 Å². The fraction of sp³-hybridized carbons (Fsp3) is 0.280. The molecule has 2 amide bonds. The van der Waals surface area contributed by atoms with Gasteiger partial charge in [0.15, 0.2) is 0 Å². The highest BCUT2D eigenvalue weighted by Gasteiger charge is 2.37. The lowest BCUT2D eigenvalue weighted by molar-refractivity contribution is -0.383. The van der Waals surface area contributed by atoms with Crippen LogP contribution in [0.5, 0.6) is 0 Å². The number of aromatic nitrogens is 1. The van der Waals surface area contributed by atoms with Crippen LogP contribution in [0.25, 0.3) is 16.3 Å². The van der Waals surface area contributed by atoms with Crippen LogP contribution in [0.4, 0.5) is 17.1 Å². The number of benzene rings is 2. The van der Waals surface area contributed by atoms with Gasteiger partial charge < -0.3 is 14.8 Å². The van der Waals surface area contributed by atoms with Crippen molar-refractivity contribution in [1.29, 1.82) is 0 Å². The molecular weight excluding hydrogens is 456 g/mol. The number of carbonyl (C=O) groups excluding carboxylic acids is 2. The van der Waals surface area contributed by atoms with Crippen molar-refractivity contribution in [3.63, 3.8) is 0 Å². The first-order chi connectivity index (χ1) is 16.3. The molecule has 9 heteroatoms. The summed E-state index contributed by atoms with van der Waals surface area (Å²) >= 11 is 6.27. The van der Waals surface area contributed by atoms with Crippen LogP contribution in [-0.4, -0.2) is 33.7 Å². The van der Waals surface area contributed by atoms with Crippen molar-refractivity contribution in [3.05, 3.63) is 70.5 Å². The Balaban J connectivity index is 1.73. The SMILES string of the molecule is C=C(C(=O)N1CC(CCl)c2c1cc([N+](=O)[O-])c1ccccc21)c1cc(NC(=O)CCC)cn1C. The van der Waals surface area contributed by atoms with Gasteiger partial charge in [0, 0.05) is 44.1 Å². The van der Waals surface area contributed by atoms with Crippen molar-refractivity contribution in [3.8, 4) is 0 Å². The maximum atomic E-state index is 13.6. The highest BCUT2D eigenvalue weighted by Crippen LogP contribution is 2.46. The number of aryl methyl sites for hydroxylation is 1. The van der Waals surface area contributed by atoms with E-state index in [-0.39, 0.29) is 34.9 Å². The van der Waals surface area contributed by atoms with E-state index in [4.69, 9.17) is 11.6 Å². The van der Waals surface area contributed by atoms with Crippen molar-refractivity contribution in [2.45, 2.75) is 25.7 Å². The van der Waals surface area contributed by atoms with Gasteiger partial charge in [-0.2, -0.15) is 0 Å². The van der Waals surface area contributed by atoms with Crippen LogP contribution in [0.3, 0.4) is 0 Å². The number of fused-ring (bicyclic) bond motifs is 3. The molecule has 2 aromatic carbocycles. The van der Waals surface area contributed by atoms with Crippen LogP contribution in [0, 0.1) is 10.1 Å². The number of non-ortho nitro benzene ring substituents is 1. The average Bonchev–Trinajstić information content (AvgIpc) is 3.37. The third kappa shape index (κ3) is 4.05. The molecule has 0 radical (unpaired) electrons. The smallest absolute Gasteiger partial charge is 0.279 e. The molecule has 1 N–H and O–H groups in total. The van der Waals surface area contributed by atoms with Gasteiger partial charge in [0.25, 0.3) is 11.6 Å². The number of nitro benzene ring substituents is 1. The highest BCUT2D eigenvalue weighted by atomic mass is 35.5. The fourth-order valence-electron chi connectivity index (χ4n) is 4.55. The zero-order chi connectivity index (χ0) is 24.6. The van der Waals surface area contributed by atoms with Crippen LogP contribution in [-0.2, 0) is 16.6 Å². The van der Waals surface area contributed by atoms with Crippen molar-refractivity contribution in [1.82, 2.24) is 4.57 Å². The van der Waals surface area contributed by atoms with Gasteiger partial charge in [-0.05, 0) is 29.5 Å². The van der Waals surface area contributed by atoms with Gasteiger partial charge in [0.1, 0.15) is 0 Å². The fourth-order valence-corrected chi connectivity index (χ4v) is 4.80. The molecule has 1 aromatic heterocycles. The molecule has 0 saturated heterocycles. The highest BCUT2D eigenvalue weighted by molar-refractivity contribution is 6.27. The first-order valence-corrected chi connectivity index (χ1v) is 11.5. The Kier molecular flexibility index (Phi) is 6.43. The second kappa shape index (κ2) is 9.30. The Morgan fingerprint density at radius 3 is 2.62 bits per heavy atom. The van der Waals surface area contributed by atoms with E-state index >= 15 is 0 Å². The van der Waals surface area contributed by atoms with Crippen molar-refractivity contribution >= 4 is 56.8 Å². The Hall–Kier alpha value is -3.65. The predicted molar refractivity (Wildman–Crippen MR) is 134 cm³/mol. The van der Waals surface area contributed by atoms with Gasteiger partial charge in [0.05, 0.1) is 33.0 Å². The number of alkyl halides is 1. The lowest BCUT2D eigenvalue weighted by atomic mass is 9.95. The summed E-state index contributed by atoms with van der Waals surface area (Å²) in [7, 11) is 1.76. The van der Waals surface area contributed by atoms with Crippen molar-refractivity contribution < 1.29 is 14.5 Å². The molecule has 0 fully saturated rings. The van der Waals surface area contributed by atoms with E-state index in [1.54, 1.807) is 36.0 Å². The first-order valence-electron chi connectivity index (χ1n) is 11.0. The second-order valence-electron chi connectivity index (χ2n) is 8.40. The van der Waals surface area contributed by atoms with E-state index in [0.29, 0.717) is 35.4 Å². The lowest BCUT2D eigenvalue weighted by Gasteiger charge is -2.19. The molecule has 0 bridgehead atoms. The zero-order valence-corrected chi connectivity index (χ0v) is 19.8. The number of carbonyl (C=O) groups is 2. The minimum atomic E-state index is -0.434. The van der Waals surface area contributed by atoms with Crippen LogP contribution < -0.4 is 10.2 Å². The number of nitrogens with one attached hydrogen (secondary N) is 1. The number of anilines is 2. The second-order valence-corrected chi connectivity index (χ2v) is 8.71. The largest absolute Gasteiger partial charge is 0.348 e. The third-order valence-corrected chi connectivity index (χ3v) is 6.48. The molecule has 1 aliphatic heterocycles. The molecule has 2 heterocycles. The van der Waals surface area contributed by atoms with E-state index in [1.807, 2.05) is 19.1 Å². The summed E-state index contributed by atoms with van der Waals surface area (Å²) in [5.41, 5.74) is 2.59. The van der Waals surface area contributed by atoms with Gasteiger partial charge in [0.2, 0.25) is 5.91 Å². The molecule has 176 valence electrons. The van der Waals surface area contributed by atoms with E-state index in [1.165, 1.54) is 11.0 Å². The summed E-state index contributed by atoms with van der Waals surface area (Å²) in [6.07, 6.45) is 2.86. The molecule has 34 heavy (non-hydrogen) atoms. The number of nitrogens with zero attached hydrogens (tertiary/aromatic N) is 3. The van der Waals surface area contributed by atoms with Crippen LogP contribution in [0.2, 0.25) is 0 Å². The molecule has 4 rings (SSSR count). The Morgan fingerprint density at radius 2 is 1.97 bits per heavy atom. The molecule has 1 unspecified atom stereocenters. The van der Waals surface area contributed by atoms with Crippen molar-refractivity contribution in [2.24, 2.45) is 7.05 Å². The van der Waals surface area contributed by atoms with Gasteiger partial charge in [-0.25, -0.2) is 0 Å². The Morgan fingerprint density at radius 1 is 1.26 bits per heavy atom. The molecule has 3 aromatic rings. The number of amides is 2. The van der Waals surface area contributed by atoms with Crippen molar-refractivity contribution in [2.75, 3.05) is 22.6 Å². The average molecular weight is 481 g/mol. The minimum Gasteiger partial charge on any atom is -0.348 e. The Bertz CT molecular complexity index is 1330. The quantitative estimate of drug-likeness (QED) is 0.217. The standard InChI is InChI=1S/C25H25ClN4O4/c1-4-7-23(31)27-17-10-20(28(3)14-17)15(2)25(32)29-13-16(12-26)24-19-9-6-5-8-18(19)21(30(33)34)11-22(24)29/h5-6,8-11,14,16H,2,4,7,12-13H2,1,3H3,(H,27,31). The van der Waals surface area contributed by atoms with Crippen LogP contribution in [0.15, 0.2) is 49.2 Å². The number of rotatable bonds is 7. The topological polar surface area (TPSA) is 97.5 Å². The van der Waals surface area contributed by atoms with Gasteiger partial charge in [-0.15, -0.1) is 11.6 Å². The van der Waals surface area contributed by atoms with E-state index < -0.39 is 4.92 Å². The summed E-state index contributed by atoms with van der Waals surface area (Å²) in [6.45, 7) is 6.23. The summed E-state index contributed by atoms with van der Waals surface area (Å²) < 4.78 is 1.72. The number of hydrogen-bond donors (Lipinski definition) is 1. The summed E-state index contributed by atoms with van der Waals surface area (Å²) in [5, 5.41) is 15.9. The van der Waals surface area contributed by atoms with Gasteiger partial charge in [-0.1, -0.05) is 31.7 Å². The monoisotopic (exact) mass is 480 g/mol. The summed E-state index contributed by atoms with van der Waals surface area (Å²) in [5.74, 6) is -0.375. The van der Waals surface area contributed by atoms with Crippen LogP contribution in [0.1, 0.15) is 36.9 Å². The number of hydrogen-bond acceptors (Lipinski definition) is 4. The zero-order valence-electron chi connectivity index (χ0n) is 19.0. The van der Waals surface area contributed by atoms with Crippen LogP contribution >= 0.6 is 11.6 Å². The first kappa shape index (κ1) is 23.5. The molecular formula is C25H25ClN4O4. The lowest BCUT2D eigenvalue weighted by Crippen LogP contribution is -2.31. The molecule has 1 aliphatic rings. The number of nitro groups is 1. The summed E-state index contributed by atoms with van der Waals surface area (Å²) in [4.78, 5) is 38.4. The predicted octanol–water partition coefficient (Wildman–Crippen LogP) is 5.21. The van der Waals surface area contributed by atoms with E-state index in [9.17, 15) is 19.7 Å². The van der Waals surface area contributed by atoms with E-state index in [0.717, 1.165) is 17.4 Å². The normalized spacial score (nSPS) is 14.8. The summed E-state index contributed by atoms with van der Waals surface area (Å²) in [6, 6.07) is 10.3. The molecule has 8 nitrogen and oxygen atoms in total. The molecule has 1 atom stereocenters. The maximum Gasteiger partial charge on any atom is 0.279 e. The molecule has 0 aliphatic carbocycles. The van der Waals surface area contributed by atoms with Gasteiger partial charge >= 0.3 is 0 Å². The van der Waals surface area contributed by atoms with E-state index in [2.05, 4.69) is 11.9 Å².